The number of carbonyl (C=O) groups excluding carboxylic acids is 1. The number of pyridine rings is 1. The van der Waals surface area contributed by atoms with E-state index in [4.69, 9.17) is 0 Å². The van der Waals surface area contributed by atoms with Crippen LogP contribution in [0.5, 0.6) is 0 Å². The molecule has 0 saturated heterocycles. The van der Waals surface area contributed by atoms with E-state index in [-0.39, 0.29) is 12.4 Å². The number of H-pyrrole nitrogens is 1. The molecular formula is C21H19F3N8O. The van der Waals surface area contributed by atoms with Gasteiger partial charge in [0.15, 0.2) is 5.82 Å². The number of aromatic amines is 1. The Labute approximate surface area is 186 Å². The Morgan fingerprint density at radius 3 is 2.67 bits per heavy atom. The lowest BCUT2D eigenvalue weighted by Crippen LogP contribution is -2.26. The van der Waals surface area contributed by atoms with E-state index in [1.807, 2.05) is 12.1 Å². The fourth-order valence-corrected chi connectivity index (χ4v) is 3.08. The smallest absolute Gasteiger partial charge is 0.378 e. The molecule has 3 heterocycles. The van der Waals surface area contributed by atoms with E-state index in [9.17, 15) is 18.0 Å². The lowest BCUT2D eigenvalue weighted by atomic mass is 10.2. The average molecular weight is 456 g/mol. The third-order valence-electron chi connectivity index (χ3n) is 4.63. The summed E-state index contributed by atoms with van der Waals surface area (Å²) in [5.41, 5.74) is 1.88. The van der Waals surface area contributed by atoms with Crippen molar-refractivity contribution in [2.24, 2.45) is 0 Å². The molecule has 12 heteroatoms. The zero-order valence-corrected chi connectivity index (χ0v) is 17.2. The molecule has 0 aliphatic heterocycles. The number of benzene rings is 1. The minimum absolute atomic E-state index is 0.116. The first-order valence-electron chi connectivity index (χ1n) is 9.88. The number of aromatic nitrogens is 6. The highest BCUT2D eigenvalue weighted by Gasteiger charge is 2.28. The number of carbonyl (C=O) groups is 1. The van der Waals surface area contributed by atoms with Gasteiger partial charge < -0.3 is 20.2 Å². The van der Waals surface area contributed by atoms with Crippen molar-refractivity contribution in [3.05, 3.63) is 78.4 Å². The van der Waals surface area contributed by atoms with Gasteiger partial charge in [-0.2, -0.15) is 13.2 Å². The predicted octanol–water partition coefficient (Wildman–Crippen LogP) is 3.17. The second-order valence-electron chi connectivity index (χ2n) is 7.06. The first-order chi connectivity index (χ1) is 15.9. The van der Waals surface area contributed by atoms with Crippen LogP contribution in [0.1, 0.15) is 22.0 Å². The maximum Gasteiger partial charge on any atom is 0.406 e. The minimum Gasteiger partial charge on any atom is -0.378 e. The average Bonchev–Trinajstić information content (AvgIpc) is 3.45. The Bertz CT molecular complexity index is 1220. The summed E-state index contributed by atoms with van der Waals surface area (Å²) in [6.45, 7) is -0.949. The van der Waals surface area contributed by atoms with Crippen LogP contribution in [0.2, 0.25) is 0 Å². The molecule has 0 radical (unpaired) electrons. The van der Waals surface area contributed by atoms with Crippen molar-refractivity contribution in [2.45, 2.75) is 25.8 Å². The predicted molar refractivity (Wildman–Crippen MR) is 113 cm³/mol. The third kappa shape index (κ3) is 5.93. The molecule has 0 spiro atoms. The quantitative estimate of drug-likeness (QED) is 0.375. The van der Waals surface area contributed by atoms with Crippen LogP contribution in [0.3, 0.4) is 0 Å². The molecule has 0 saturated carbocycles. The van der Waals surface area contributed by atoms with Crippen molar-refractivity contribution in [1.82, 2.24) is 35.0 Å². The Kier molecular flexibility index (Phi) is 6.33. The number of nitrogens with zero attached hydrogens (tertiary/aromatic N) is 5. The molecule has 4 aromatic rings. The Morgan fingerprint density at radius 2 is 1.88 bits per heavy atom. The Balaban J connectivity index is 1.34. The highest BCUT2D eigenvalue weighted by Crippen LogP contribution is 2.18. The first-order valence-corrected chi connectivity index (χ1v) is 9.88. The van der Waals surface area contributed by atoms with E-state index in [1.165, 1.54) is 12.4 Å². The second-order valence-corrected chi connectivity index (χ2v) is 7.06. The molecule has 1 amide bonds. The number of imidazole rings is 1. The highest BCUT2D eigenvalue weighted by molar-refractivity contribution is 5.95. The summed E-state index contributed by atoms with van der Waals surface area (Å²) in [4.78, 5) is 23.5. The highest BCUT2D eigenvalue weighted by atomic mass is 19.4. The summed E-state index contributed by atoms with van der Waals surface area (Å²) in [7, 11) is 0. The van der Waals surface area contributed by atoms with Gasteiger partial charge in [0.05, 0.1) is 13.1 Å². The van der Waals surface area contributed by atoms with Crippen LogP contribution in [0.25, 0.3) is 11.4 Å². The fourth-order valence-electron chi connectivity index (χ4n) is 3.08. The first kappa shape index (κ1) is 22.0. The number of amides is 1. The van der Waals surface area contributed by atoms with Gasteiger partial charge in [-0.3, -0.25) is 9.78 Å². The molecule has 1 aromatic carbocycles. The van der Waals surface area contributed by atoms with E-state index in [0.29, 0.717) is 29.4 Å². The van der Waals surface area contributed by atoms with Crippen LogP contribution in [0.15, 0.2) is 61.2 Å². The van der Waals surface area contributed by atoms with Crippen LogP contribution < -0.4 is 10.6 Å². The summed E-state index contributed by atoms with van der Waals surface area (Å²) in [5, 5.41) is 14.0. The summed E-state index contributed by atoms with van der Waals surface area (Å²) < 4.78 is 38.9. The molecule has 0 aliphatic carbocycles. The molecule has 9 nitrogen and oxygen atoms in total. The standard InChI is InChI=1S/C21H19F3N8O/c22-21(23,24)13-32-9-8-26-18(32)12-28-20(33)15-2-1-3-16(10-15)27-11-17-29-19(31-30-17)14-4-6-25-7-5-14/h1-10,27H,11-13H2,(H,28,33)(H,29,30,31). The van der Waals surface area contributed by atoms with E-state index < -0.39 is 18.6 Å². The van der Waals surface area contributed by atoms with E-state index in [0.717, 1.165) is 10.1 Å². The van der Waals surface area contributed by atoms with Crippen molar-refractivity contribution >= 4 is 11.6 Å². The van der Waals surface area contributed by atoms with E-state index in [1.54, 1.807) is 36.7 Å². The molecule has 0 aliphatic rings. The maximum absolute atomic E-state index is 12.6. The fraction of sp³-hybridized carbons (Fsp3) is 0.190. The van der Waals surface area contributed by atoms with Crippen LogP contribution >= 0.6 is 0 Å². The molecule has 170 valence electrons. The molecule has 3 aromatic heterocycles. The molecule has 33 heavy (non-hydrogen) atoms. The van der Waals surface area contributed by atoms with Crippen molar-refractivity contribution < 1.29 is 18.0 Å². The summed E-state index contributed by atoms with van der Waals surface area (Å²) >= 11 is 0. The van der Waals surface area contributed by atoms with E-state index in [2.05, 4.69) is 35.8 Å². The molecule has 3 N–H and O–H groups in total. The number of nitrogens with one attached hydrogen (secondary N) is 3. The van der Waals surface area contributed by atoms with Gasteiger partial charge in [-0.25, -0.2) is 4.98 Å². The molecule has 0 unspecified atom stereocenters. The normalized spacial score (nSPS) is 11.4. The van der Waals surface area contributed by atoms with Crippen molar-refractivity contribution in [3.63, 3.8) is 0 Å². The Hall–Kier alpha value is -4.22. The number of hydrogen-bond donors (Lipinski definition) is 3. The molecule has 0 atom stereocenters. The number of hydrogen-bond acceptors (Lipinski definition) is 6. The van der Waals surface area contributed by atoms with Gasteiger partial charge in [-0.1, -0.05) is 6.07 Å². The van der Waals surface area contributed by atoms with Gasteiger partial charge in [0, 0.05) is 41.6 Å². The zero-order chi connectivity index (χ0) is 23.3. The maximum atomic E-state index is 12.6. The number of anilines is 1. The van der Waals surface area contributed by atoms with Crippen molar-refractivity contribution in [2.75, 3.05) is 5.32 Å². The molecule has 4 rings (SSSR count). The van der Waals surface area contributed by atoms with Crippen LogP contribution in [-0.2, 0) is 19.6 Å². The van der Waals surface area contributed by atoms with Gasteiger partial charge in [0.25, 0.3) is 5.91 Å². The summed E-state index contributed by atoms with van der Waals surface area (Å²) in [5.74, 6) is 0.907. The lowest BCUT2D eigenvalue weighted by molar-refractivity contribution is -0.141. The summed E-state index contributed by atoms with van der Waals surface area (Å²) in [6, 6.07) is 10.4. The second kappa shape index (κ2) is 9.51. The van der Waals surface area contributed by atoms with Gasteiger partial charge >= 0.3 is 6.18 Å². The Morgan fingerprint density at radius 1 is 1.06 bits per heavy atom. The zero-order valence-electron chi connectivity index (χ0n) is 17.2. The van der Waals surface area contributed by atoms with Gasteiger partial charge in [-0.05, 0) is 30.3 Å². The number of halogens is 3. The molecular weight excluding hydrogens is 437 g/mol. The number of rotatable bonds is 8. The van der Waals surface area contributed by atoms with E-state index >= 15 is 0 Å². The summed E-state index contributed by atoms with van der Waals surface area (Å²) in [6.07, 6.45) is 1.44. The van der Waals surface area contributed by atoms with Crippen molar-refractivity contribution in [3.8, 4) is 11.4 Å². The largest absolute Gasteiger partial charge is 0.406 e. The monoisotopic (exact) mass is 456 g/mol. The van der Waals surface area contributed by atoms with Crippen LogP contribution in [-0.4, -0.2) is 41.8 Å². The van der Waals surface area contributed by atoms with Gasteiger partial charge in [-0.15, -0.1) is 10.2 Å². The van der Waals surface area contributed by atoms with Crippen molar-refractivity contribution in [1.29, 1.82) is 0 Å². The minimum atomic E-state index is -4.37. The lowest BCUT2D eigenvalue weighted by Gasteiger charge is -2.12. The molecule has 0 fully saturated rings. The third-order valence-corrected chi connectivity index (χ3v) is 4.63. The number of alkyl halides is 3. The van der Waals surface area contributed by atoms with Gasteiger partial charge in [0.1, 0.15) is 18.2 Å². The van der Waals surface area contributed by atoms with Crippen LogP contribution in [0.4, 0.5) is 18.9 Å². The molecule has 0 bridgehead atoms. The SMILES string of the molecule is O=C(NCc1nccn1CC(F)(F)F)c1cccc(NCc2nnc(-c3ccncc3)[nH]2)c1. The van der Waals surface area contributed by atoms with Crippen LogP contribution in [0, 0.1) is 0 Å². The van der Waals surface area contributed by atoms with Gasteiger partial charge in [0.2, 0.25) is 0 Å². The topological polar surface area (TPSA) is 113 Å².